The quantitative estimate of drug-likeness (QED) is 0.571. The van der Waals surface area contributed by atoms with Crippen LogP contribution in [0.5, 0.6) is 0 Å². The number of aliphatic hydroxyl groups is 1. The Balaban J connectivity index is 2.34. The number of hydrogen-bond acceptors (Lipinski definition) is 2. The van der Waals surface area contributed by atoms with Crippen LogP contribution in [0.1, 0.15) is 13.3 Å². The van der Waals surface area contributed by atoms with E-state index in [-0.39, 0.29) is 6.10 Å². The fraction of sp³-hybridized carbons (Fsp3) is 0.667. The Labute approximate surface area is 48.8 Å². The van der Waals surface area contributed by atoms with Gasteiger partial charge in [0.2, 0.25) is 0 Å². The summed E-state index contributed by atoms with van der Waals surface area (Å²) < 4.78 is 4.74. The molecule has 46 valence electrons. The highest BCUT2D eigenvalue weighted by Crippen LogP contribution is 2.13. The van der Waals surface area contributed by atoms with Crippen molar-refractivity contribution in [1.82, 2.24) is 0 Å². The van der Waals surface area contributed by atoms with Gasteiger partial charge >= 0.3 is 0 Å². The second-order valence-electron chi connectivity index (χ2n) is 1.93. The molecule has 0 aliphatic carbocycles. The first-order valence-corrected chi connectivity index (χ1v) is 2.83. The topological polar surface area (TPSA) is 29.5 Å². The molecule has 1 atom stereocenters. The predicted octanol–water partition coefficient (Wildman–Crippen LogP) is 0.671. The molecule has 1 rings (SSSR count). The Hall–Kier alpha value is -0.500. The van der Waals surface area contributed by atoms with Crippen LogP contribution in [0.4, 0.5) is 0 Å². The molecule has 1 aliphatic rings. The minimum absolute atomic E-state index is 0.260. The van der Waals surface area contributed by atoms with Crippen LogP contribution < -0.4 is 0 Å². The molecule has 0 aromatic carbocycles. The summed E-state index contributed by atoms with van der Waals surface area (Å²) in [6, 6.07) is 0. The molecule has 1 N–H and O–H groups in total. The minimum Gasteiger partial charge on any atom is -0.496 e. The molecular formula is C6H10O2. The molecule has 1 unspecified atom stereocenters. The van der Waals surface area contributed by atoms with Crippen LogP contribution in [0.15, 0.2) is 11.8 Å². The molecule has 0 fully saturated rings. The Bertz CT molecular complexity index is 107. The monoisotopic (exact) mass is 114 g/mol. The molecule has 0 spiro atoms. The van der Waals surface area contributed by atoms with E-state index in [0.29, 0.717) is 6.61 Å². The van der Waals surface area contributed by atoms with Crippen molar-refractivity contribution in [1.29, 1.82) is 0 Å². The Kier molecular flexibility index (Phi) is 1.53. The summed E-state index contributed by atoms with van der Waals surface area (Å²) in [6.45, 7) is 2.57. The van der Waals surface area contributed by atoms with Crippen molar-refractivity contribution < 1.29 is 9.84 Å². The fourth-order valence-electron chi connectivity index (χ4n) is 0.616. The Morgan fingerprint density at radius 3 is 2.75 bits per heavy atom. The van der Waals surface area contributed by atoms with Crippen LogP contribution in [0.2, 0.25) is 0 Å². The van der Waals surface area contributed by atoms with Gasteiger partial charge in [-0.15, -0.1) is 0 Å². The van der Waals surface area contributed by atoms with Gasteiger partial charge in [0.05, 0.1) is 12.4 Å². The number of hydrogen-bond donors (Lipinski definition) is 1. The largest absolute Gasteiger partial charge is 0.496 e. The van der Waals surface area contributed by atoms with Gasteiger partial charge in [0.15, 0.2) is 0 Å². The lowest BCUT2D eigenvalue weighted by Gasteiger charge is -2.19. The summed E-state index contributed by atoms with van der Waals surface area (Å²) in [5.74, 6) is 0. The lowest BCUT2D eigenvalue weighted by atomic mass is 10.1. The molecule has 1 aliphatic heterocycles. The Morgan fingerprint density at radius 2 is 2.62 bits per heavy atom. The van der Waals surface area contributed by atoms with E-state index in [1.807, 2.05) is 6.92 Å². The van der Waals surface area contributed by atoms with Crippen LogP contribution in [-0.4, -0.2) is 17.8 Å². The van der Waals surface area contributed by atoms with E-state index in [0.717, 1.165) is 12.0 Å². The SMILES string of the molecule is CCC(O)C1=COC1. The number of aliphatic hydroxyl groups excluding tert-OH is 1. The second-order valence-corrected chi connectivity index (χ2v) is 1.93. The smallest absolute Gasteiger partial charge is 0.114 e. The maximum absolute atomic E-state index is 9.03. The van der Waals surface area contributed by atoms with Gasteiger partial charge in [-0.1, -0.05) is 6.92 Å². The molecule has 0 radical (unpaired) electrons. The van der Waals surface area contributed by atoms with Crippen molar-refractivity contribution in [3.05, 3.63) is 11.8 Å². The second kappa shape index (κ2) is 2.18. The summed E-state index contributed by atoms with van der Waals surface area (Å²) in [5, 5.41) is 9.03. The van der Waals surface area contributed by atoms with Crippen LogP contribution in [0.25, 0.3) is 0 Å². The normalized spacial score (nSPS) is 20.5. The van der Waals surface area contributed by atoms with Crippen molar-refractivity contribution in [2.45, 2.75) is 19.4 Å². The molecule has 0 aromatic heterocycles. The lowest BCUT2D eigenvalue weighted by Crippen LogP contribution is -2.19. The third-order valence-corrected chi connectivity index (χ3v) is 1.30. The minimum atomic E-state index is -0.260. The number of rotatable bonds is 2. The summed E-state index contributed by atoms with van der Waals surface area (Å²) >= 11 is 0. The fourth-order valence-corrected chi connectivity index (χ4v) is 0.616. The maximum Gasteiger partial charge on any atom is 0.114 e. The standard InChI is InChI=1S/C6H10O2/c1-2-6(7)5-3-8-4-5/h3,6-7H,2,4H2,1H3. The molecule has 2 nitrogen and oxygen atoms in total. The van der Waals surface area contributed by atoms with Gasteiger partial charge in [-0.25, -0.2) is 0 Å². The van der Waals surface area contributed by atoms with Crippen LogP contribution in [0.3, 0.4) is 0 Å². The first kappa shape index (κ1) is 5.63. The third kappa shape index (κ3) is 0.842. The van der Waals surface area contributed by atoms with Gasteiger partial charge < -0.3 is 9.84 Å². The van der Waals surface area contributed by atoms with Crippen molar-refractivity contribution in [2.75, 3.05) is 6.61 Å². The van der Waals surface area contributed by atoms with E-state index < -0.39 is 0 Å². The van der Waals surface area contributed by atoms with Crippen molar-refractivity contribution >= 4 is 0 Å². The van der Waals surface area contributed by atoms with E-state index in [4.69, 9.17) is 9.84 Å². The average Bonchev–Trinajstić information content (AvgIpc) is 1.62. The molecule has 2 heteroatoms. The lowest BCUT2D eigenvalue weighted by molar-refractivity contribution is 0.134. The summed E-state index contributed by atoms with van der Waals surface area (Å²) in [7, 11) is 0. The van der Waals surface area contributed by atoms with E-state index >= 15 is 0 Å². The molecule has 0 saturated carbocycles. The first-order chi connectivity index (χ1) is 3.84. The highest BCUT2D eigenvalue weighted by atomic mass is 16.5. The van der Waals surface area contributed by atoms with Crippen LogP contribution in [-0.2, 0) is 4.74 Å². The molecule has 8 heavy (non-hydrogen) atoms. The van der Waals surface area contributed by atoms with E-state index in [9.17, 15) is 0 Å². The molecule has 0 amide bonds. The Morgan fingerprint density at radius 1 is 2.00 bits per heavy atom. The average molecular weight is 114 g/mol. The van der Waals surface area contributed by atoms with Gasteiger partial charge in [-0.2, -0.15) is 0 Å². The molecular weight excluding hydrogens is 104 g/mol. The summed E-state index contributed by atoms with van der Waals surface area (Å²) in [4.78, 5) is 0. The highest BCUT2D eigenvalue weighted by Gasteiger charge is 2.14. The zero-order valence-corrected chi connectivity index (χ0v) is 4.92. The van der Waals surface area contributed by atoms with Crippen LogP contribution >= 0.6 is 0 Å². The molecule has 1 heterocycles. The van der Waals surface area contributed by atoms with Gasteiger partial charge in [-0.3, -0.25) is 0 Å². The van der Waals surface area contributed by atoms with Crippen molar-refractivity contribution in [3.63, 3.8) is 0 Å². The maximum atomic E-state index is 9.03. The van der Waals surface area contributed by atoms with E-state index in [1.54, 1.807) is 6.26 Å². The summed E-state index contributed by atoms with van der Waals surface area (Å²) in [5.41, 5.74) is 1.02. The predicted molar refractivity (Wildman–Crippen MR) is 30.3 cm³/mol. The van der Waals surface area contributed by atoms with E-state index in [1.165, 1.54) is 0 Å². The summed E-state index contributed by atoms with van der Waals surface area (Å²) in [6.07, 6.45) is 2.15. The van der Waals surface area contributed by atoms with Gasteiger partial charge in [-0.05, 0) is 6.42 Å². The molecule has 0 aromatic rings. The zero-order chi connectivity index (χ0) is 5.98. The number of ether oxygens (including phenoxy) is 1. The van der Waals surface area contributed by atoms with Gasteiger partial charge in [0.1, 0.15) is 6.61 Å². The van der Waals surface area contributed by atoms with Crippen LogP contribution in [0, 0.1) is 0 Å². The molecule has 0 saturated heterocycles. The first-order valence-electron chi connectivity index (χ1n) is 2.83. The third-order valence-electron chi connectivity index (χ3n) is 1.30. The zero-order valence-electron chi connectivity index (χ0n) is 4.92. The van der Waals surface area contributed by atoms with E-state index in [2.05, 4.69) is 0 Å². The van der Waals surface area contributed by atoms with Gasteiger partial charge in [0, 0.05) is 5.57 Å². The van der Waals surface area contributed by atoms with Gasteiger partial charge in [0.25, 0.3) is 0 Å². The highest BCUT2D eigenvalue weighted by molar-refractivity contribution is 5.10. The molecule has 0 bridgehead atoms. The van der Waals surface area contributed by atoms with Crippen molar-refractivity contribution in [2.24, 2.45) is 0 Å². The van der Waals surface area contributed by atoms with Crippen molar-refractivity contribution in [3.8, 4) is 0 Å².